The number of urea groups is 1. The number of nitro benzene ring substituents is 1. The molecule has 2 aromatic rings. The molecule has 0 aromatic heterocycles. The number of aliphatic carboxylic acids is 1. The monoisotopic (exact) mass is 506 g/mol. The lowest BCUT2D eigenvalue weighted by Gasteiger charge is -2.37. The van der Waals surface area contributed by atoms with Crippen LogP contribution in [0.4, 0.5) is 14.9 Å². The van der Waals surface area contributed by atoms with Crippen LogP contribution in [-0.2, 0) is 14.8 Å². The first kappa shape index (κ1) is 25.8. The molecule has 0 fully saturated rings. The summed E-state index contributed by atoms with van der Waals surface area (Å²) in [5.41, 5.74) is -0.128. The fourth-order valence-electron chi connectivity index (χ4n) is 3.85. The van der Waals surface area contributed by atoms with E-state index in [-0.39, 0.29) is 42.0 Å². The number of carbonyl (C=O) groups excluding carboxylic acids is 1. The standard InChI is InChI=1S/C22H23FN4O7S/c1-14-19(21(28)29)20(15-7-5-8-16(13-15)27(31)32)26(22(30)24-14)12-6-11-25(2)35(33,34)18-10-4-3-9-17(18)23/h3-5,7-10,13,20H,6,11-12H2,1-2H3,(H,24,30)(H,28,29). The lowest BCUT2D eigenvalue weighted by Crippen LogP contribution is -2.49. The molecular formula is C22H23FN4O7S. The third-order valence-corrected chi connectivity index (χ3v) is 7.46. The number of carbonyl (C=O) groups is 2. The lowest BCUT2D eigenvalue weighted by molar-refractivity contribution is -0.384. The molecule has 1 aliphatic heterocycles. The SMILES string of the molecule is CC1=C(C(=O)O)C(c2cccc([N+](=O)[O-])c2)N(CCCN(C)S(=O)(=O)c2ccccc2F)C(=O)N1. The Morgan fingerprint density at radius 3 is 2.57 bits per heavy atom. The maximum atomic E-state index is 14.0. The second-order valence-electron chi connectivity index (χ2n) is 7.83. The number of rotatable bonds is 9. The number of hydrogen-bond acceptors (Lipinski definition) is 6. The normalized spacial score (nSPS) is 16.4. The first-order valence-electron chi connectivity index (χ1n) is 10.4. The zero-order chi connectivity index (χ0) is 25.9. The van der Waals surface area contributed by atoms with Crippen LogP contribution in [0.5, 0.6) is 0 Å². The highest BCUT2D eigenvalue weighted by atomic mass is 32.2. The molecule has 0 saturated heterocycles. The summed E-state index contributed by atoms with van der Waals surface area (Å²) < 4.78 is 40.4. The van der Waals surface area contributed by atoms with Gasteiger partial charge in [-0.2, -0.15) is 0 Å². The average molecular weight is 507 g/mol. The zero-order valence-electron chi connectivity index (χ0n) is 18.8. The van der Waals surface area contributed by atoms with Gasteiger partial charge < -0.3 is 15.3 Å². The van der Waals surface area contributed by atoms with E-state index < -0.39 is 43.7 Å². The molecule has 1 aliphatic rings. The minimum Gasteiger partial charge on any atom is -0.478 e. The van der Waals surface area contributed by atoms with Crippen molar-refractivity contribution in [2.24, 2.45) is 0 Å². The van der Waals surface area contributed by atoms with Crippen LogP contribution >= 0.6 is 0 Å². The highest BCUT2D eigenvalue weighted by Gasteiger charge is 2.38. The summed E-state index contributed by atoms with van der Waals surface area (Å²) in [6.07, 6.45) is 0.0783. The molecule has 11 nitrogen and oxygen atoms in total. The van der Waals surface area contributed by atoms with Crippen LogP contribution in [0.2, 0.25) is 0 Å². The van der Waals surface area contributed by atoms with Crippen molar-refractivity contribution in [1.82, 2.24) is 14.5 Å². The molecule has 35 heavy (non-hydrogen) atoms. The first-order chi connectivity index (χ1) is 16.4. The summed E-state index contributed by atoms with van der Waals surface area (Å²) in [6, 6.07) is 8.47. The summed E-state index contributed by atoms with van der Waals surface area (Å²) in [6.45, 7) is 1.23. The fourth-order valence-corrected chi connectivity index (χ4v) is 5.12. The van der Waals surface area contributed by atoms with Crippen molar-refractivity contribution >= 4 is 27.7 Å². The molecule has 13 heteroatoms. The van der Waals surface area contributed by atoms with Crippen molar-refractivity contribution in [1.29, 1.82) is 0 Å². The second kappa shape index (κ2) is 10.2. The van der Waals surface area contributed by atoms with Gasteiger partial charge in [0.05, 0.1) is 16.5 Å². The predicted molar refractivity (Wildman–Crippen MR) is 122 cm³/mol. The van der Waals surface area contributed by atoms with Crippen molar-refractivity contribution < 1.29 is 32.4 Å². The number of non-ortho nitro benzene ring substituents is 1. The Kier molecular flexibility index (Phi) is 7.51. The summed E-state index contributed by atoms with van der Waals surface area (Å²) in [5, 5.41) is 23.5. The highest BCUT2D eigenvalue weighted by molar-refractivity contribution is 7.89. The molecule has 186 valence electrons. The molecule has 1 unspecified atom stereocenters. The van der Waals surface area contributed by atoms with Gasteiger partial charge >= 0.3 is 12.0 Å². The number of halogens is 1. The van der Waals surface area contributed by atoms with Gasteiger partial charge in [-0.3, -0.25) is 10.1 Å². The topological polar surface area (TPSA) is 150 Å². The number of allylic oxidation sites excluding steroid dienone is 1. The van der Waals surface area contributed by atoms with Crippen LogP contribution in [-0.4, -0.2) is 59.8 Å². The van der Waals surface area contributed by atoms with E-state index in [4.69, 9.17) is 0 Å². The van der Waals surface area contributed by atoms with Crippen LogP contribution in [0.1, 0.15) is 24.9 Å². The molecule has 0 radical (unpaired) electrons. The zero-order valence-corrected chi connectivity index (χ0v) is 19.7. The maximum absolute atomic E-state index is 14.0. The largest absolute Gasteiger partial charge is 0.478 e. The fraction of sp³-hybridized carbons (Fsp3) is 0.273. The van der Waals surface area contributed by atoms with Gasteiger partial charge in [0.25, 0.3) is 5.69 Å². The van der Waals surface area contributed by atoms with Crippen LogP contribution in [0.15, 0.2) is 64.7 Å². The summed E-state index contributed by atoms with van der Waals surface area (Å²) >= 11 is 0. The third kappa shape index (κ3) is 5.30. The van der Waals surface area contributed by atoms with E-state index in [0.29, 0.717) is 0 Å². The molecule has 1 heterocycles. The number of amides is 2. The van der Waals surface area contributed by atoms with Crippen molar-refractivity contribution in [3.63, 3.8) is 0 Å². The Labute approximate surface area is 200 Å². The van der Waals surface area contributed by atoms with Crippen molar-refractivity contribution in [3.8, 4) is 0 Å². The molecule has 0 aliphatic carbocycles. The van der Waals surface area contributed by atoms with Crippen molar-refractivity contribution in [2.75, 3.05) is 20.1 Å². The van der Waals surface area contributed by atoms with Gasteiger partial charge in [0.2, 0.25) is 10.0 Å². The van der Waals surface area contributed by atoms with E-state index in [9.17, 15) is 37.6 Å². The average Bonchev–Trinajstić information content (AvgIpc) is 2.79. The Hall–Kier alpha value is -3.84. The number of carboxylic acids is 1. The van der Waals surface area contributed by atoms with Crippen LogP contribution < -0.4 is 5.32 Å². The number of carboxylic acid groups (broad SMARTS) is 1. The number of nitro groups is 1. The van der Waals surface area contributed by atoms with E-state index in [1.54, 1.807) is 0 Å². The van der Waals surface area contributed by atoms with Crippen LogP contribution in [0.25, 0.3) is 0 Å². The van der Waals surface area contributed by atoms with Gasteiger partial charge in [-0.25, -0.2) is 26.7 Å². The van der Waals surface area contributed by atoms with Crippen LogP contribution in [0.3, 0.4) is 0 Å². The van der Waals surface area contributed by atoms with E-state index in [1.165, 1.54) is 55.3 Å². The Morgan fingerprint density at radius 2 is 1.94 bits per heavy atom. The highest BCUT2D eigenvalue weighted by Crippen LogP contribution is 2.35. The summed E-state index contributed by atoms with van der Waals surface area (Å²) in [5.74, 6) is -2.21. The van der Waals surface area contributed by atoms with E-state index in [1.807, 2.05) is 0 Å². The first-order valence-corrected chi connectivity index (χ1v) is 11.9. The predicted octanol–water partition coefficient (Wildman–Crippen LogP) is 2.87. The summed E-state index contributed by atoms with van der Waals surface area (Å²) in [7, 11) is -2.87. The molecule has 2 aromatic carbocycles. The maximum Gasteiger partial charge on any atom is 0.335 e. The number of hydrogen-bond donors (Lipinski definition) is 2. The lowest BCUT2D eigenvalue weighted by atomic mass is 9.93. The smallest absolute Gasteiger partial charge is 0.335 e. The van der Waals surface area contributed by atoms with Gasteiger partial charge in [-0.15, -0.1) is 0 Å². The van der Waals surface area contributed by atoms with Crippen molar-refractivity contribution in [3.05, 3.63) is 81.3 Å². The Balaban J connectivity index is 1.87. The minimum absolute atomic E-state index is 0.0783. The number of benzene rings is 2. The summed E-state index contributed by atoms with van der Waals surface area (Å²) in [4.78, 5) is 36.1. The number of nitrogens with one attached hydrogen (secondary N) is 1. The molecule has 0 saturated carbocycles. The molecule has 3 rings (SSSR count). The van der Waals surface area contributed by atoms with Gasteiger partial charge in [0, 0.05) is 38.0 Å². The van der Waals surface area contributed by atoms with E-state index in [2.05, 4.69) is 5.32 Å². The van der Waals surface area contributed by atoms with Gasteiger partial charge in [0.15, 0.2) is 0 Å². The number of sulfonamides is 1. The number of nitrogens with zero attached hydrogens (tertiary/aromatic N) is 3. The quantitative estimate of drug-likeness (QED) is 0.392. The Bertz CT molecular complexity index is 1310. The Morgan fingerprint density at radius 1 is 1.26 bits per heavy atom. The van der Waals surface area contributed by atoms with Gasteiger partial charge in [-0.1, -0.05) is 24.3 Å². The third-order valence-electron chi connectivity index (χ3n) is 5.57. The van der Waals surface area contributed by atoms with E-state index >= 15 is 0 Å². The molecule has 1 atom stereocenters. The minimum atomic E-state index is -4.14. The molecule has 0 spiro atoms. The van der Waals surface area contributed by atoms with Gasteiger partial charge in [0.1, 0.15) is 10.7 Å². The molecule has 2 N–H and O–H groups in total. The molecule has 2 amide bonds. The van der Waals surface area contributed by atoms with Gasteiger partial charge in [-0.05, 0) is 31.0 Å². The second-order valence-corrected chi connectivity index (χ2v) is 9.85. The van der Waals surface area contributed by atoms with Crippen molar-refractivity contribution in [2.45, 2.75) is 24.3 Å². The van der Waals surface area contributed by atoms with E-state index in [0.717, 1.165) is 16.4 Å². The van der Waals surface area contributed by atoms with Crippen LogP contribution in [0, 0.1) is 15.9 Å². The molecule has 0 bridgehead atoms. The molecular weight excluding hydrogens is 483 g/mol.